The van der Waals surface area contributed by atoms with Crippen molar-refractivity contribution < 1.29 is 18.0 Å². The van der Waals surface area contributed by atoms with Gasteiger partial charge in [0.25, 0.3) is 0 Å². The van der Waals surface area contributed by atoms with Crippen LogP contribution < -0.4 is 10.6 Å². The van der Waals surface area contributed by atoms with Gasteiger partial charge >= 0.3 is 6.18 Å². The monoisotopic (exact) mass is 361 g/mol. The zero-order valence-corrected chi connectivity index (χ0v) is 13.4. The van der Waals surface area contributed by atoms with Gasteiger partial charge in [0.05, 0.1) is 23.5 Å². The van der Waals surface area contributed by atoms with Crippen LogP contribution in [-0.2, 0) is 11.0 Å². The maximum atomic E-state index is 12.9. The maximum Gasteiger partial charge on any atom is 0.418 e. The van der Waals surface area contributed by atoms with E-state index in [9.17, 15) is 18.0 Å². The fourth-order valence-electron chi connectivity index (χ4n) is 2.29. The summed E-state index contributed by atoms with van der Waals surface area (Å²) in [5.74, 6) is -0.581. The molecule has 3 aromatic rings. The summed E-state index contributed by atoms with van der Waals surface area (Å²) in [5, 5.41) is 9.13. The lowest BCUT2D eigenvalue weighted by atomic mass is 10.1. The molecule has 0 bridgehead atoms. The van der Waals surface area contributed by atoms with Crippen LogP contribution >= 0.6 is 0 Å². The molecule has 134 valence electrons. The van der Waals surface area contributed by atoms with Crippen LogP contribution in [0.15, 0.2) is 61.2 Å². The Morgan fingerprint density at radius 2 is 1.81 bits per heavy atom. The fourth-order valence-corrected chi connectivity index (χ4v) is 2.29. The first-order chi connectivity index (χ1) is 12.4. The Morgan fingerprint density at radius 3 is 2.46 bits per heavy atom. The fraction of sp³-hybridized carbons (Fsp3) is 0.118. The molecule has 0 aliphatic rings. The molecule has 26 heavy (non-hydrogen) atoms. The second-order valence-electron chi connectivity index (χ2n) is 5.33. The van der Waals surface area contributed by atoms with Gasteiger partial charge in [-0.2, -0.15) is 18.3 Å². The Hall–Kier alpha value is -3.36. The summed E-state index contributed by atoms with van der Waals surface area (Å²) in [6, 6.07) is 11.8. The smallest absolute Gasteiger partial charge is 0.376 e. The van der Waals surface area contributed by atoms with E-state index >= 15 is 0 Å². The van der Waals surface area contributed by atoms with Crippen LogP contribution in [0.25, 0.3) is 5.69 Å². The van der Waals surface area contributed by atoms with Gasteiger partial charge in [-0.15, -0.1) is 0 Å². The number of para-hydroxylation sites is 1. The summed E-state index contributed by atoms with van der Waals surface area (Å²) >= 11 is 0. The number of nitrogens with one attached hydrogen (secondary N) is 2. The highest BCUT2D eigenvalue weighted by molar-refractivity contribution is 5.94. The summed E-state index contributed by atoms with van der Waals surface area (Å²) in [4.78, 5) is 15.8. The van der Waals surface area contributed by atoms with E-state index in [0.29, 0.717) is 5.69 Å². The molecule has 1 aromatic heterocycles. The lowest BCUT2D eigenvalue weighted by Crippen LogP contribution is -2.23. The average molecular weight is 361 g/mol. The molecular weight excluding hydrogens is 347 g/mol. The Kier molecular flexibility index (Phi) is 4.87. The standard InChI is InChI=1S/C17H14F3N5O/c18-17(19,20)14-3-1-2-4-15(14)24-16(26)9-22-12-5-7-13(8-6-12)25-11-21-10-23-25/h1-8,10-11,22H,9H2,(H,24,26). The van der Waals surface area contributed by atoms with Gasteiger partial charge < -0.3 is 10.6 Å². The van der Waals surface area contributed by atoms with Crippen molar-refractivity contribution in [1.29, 1.82) is 0 Å². The third-order valence-electron chi connectivity index (χ3n) is 3.51. The molecule has 0 saturated carbocycles. The van der Waals surface area contributed by atoms with E-state index < -0.39 is 17.6 Å². The zero-order chi connectivity index (χ0) is 18.6. The van der Waals surface area contributed by atoms with Gasteiger partial charge in [0.1, 0.15) is 12.7 Å². The average Bonchev–Trinajstić information content (AvgIpc) is 3.15. The van der Waals surface area contributed by atoms with Crippen molar-refractivity contribution in [2.24, 2.45) is 0 Å². The van der Waals surface area contributed by atoms with E-state index in [1.54, 1.807) is 35.3 Å². The first-order valence-electron chi connectivity index (χ1n) is 7.58. The van der Waals surface area contributed by atoms with Crippen LogP contribution in [0.1, 0.15) is 5.56 Å². The molecule has 2 aromatic carbocycles. The largest absolute Gasteiger partial charge is 0.418 e. The van der Waals surface area contributed by atoms with Crippen molar-refractivity contribution in [2.75, 3.05) is 17.2 Å². The zero-order valence-electron chi connectivity index (χ0n) is 13.4. The number of carbonyl (C=O) groups excluding carboxylic acids is 1. The van der Waals surface area contributed by atoms with Crippen LogP contribution in [0.5, 0.6) is 0 Å². The molecule has 0 fully saturated rings. The van der Waals surface area contributed by atoms with Crippen molar-refractivity contribution in [2.45, 2.75) is 6.18 Å². The number of benzene rings is 2. The van der Waals surface area contributed by atoms with E-state index in [0.717, 1.165) is 11.8 Å². The number of hydrogen-bond acceptors (Lipinski definition) is 4. The Morgan fingerprint density at radius 1 is 1.08 bits per heavy atom. The second-order valence-corrected chi connectivity index (χ2v) is 5.33. The maximum absolute atomic E-state index is 12.9. The third kappa shape index (κ3) is 4.18. The highest BCUT2D eigenvalue weighted by Gasteiger charge is 2.33. The number of hydrogen-bond donors (Lipinski definition) is 2. The van der Waals surface area contributed by atoms with Gasteiger partial charge in [0.2, 0.25) is 5.91 Å². The minimum absolute atomic E-state index is 0.172. The van der Waals surface area contributed by atoms with Crippen molar-refractivity contribution in [1.82, 2.24) is 14.8 Å². The van der Waals surface area contributed by atoms with Gasteiger partial charge in [-0.05, 0) is 36.4 Å². The molecule has 0 radical (unpaired) electrons. The molecule has 0 unspecified atom stereocenters. The molecule has 0 saturated heterocycles. The van der Waals surface area contributed by atoms with Gasteiger partial charge in [0, 0.05) is 5.69 Å². The van der Waals surface area contributed by atoms with Crippen molar-refractivity contribution >= 4 is 17.3 Å². The Labute approximate surface area is 146 Å². The molecule has 1 amide bonds. The highest BCUT2D eigenvalue weighted by Crippen LogP contribution is 2.34. The molecule has 0 atom stereocenters. The minimum Gasteiger partial charge on any atom is -0.376 e. The first-order valence-corrected chi connectivity index (χ1v) is 7.58. The normalized spacial score (nSPS) is 11.2. The molecule has 6 nitrogen and oxygen atoms in total. The topological polar surface area (TPSA) is 71.8 Å². The number of halogens is 3. The molecule has 0 aliphatic heterocycles. The van der Waals surface area contributed by atoms with E-state index in [4.69, 9.17) is 0 Å². The van der Waals surface area contributed by atoms with E-state index in [1.165, 1.54) is 24.5 Å². The molecular formula is C17H14F3N5O. The predicted octanol–water partition coefficient (Wildman–Crippen LogP) is 3.34. The van der Waals surface area contributed by atoms with E-state index in [1.807, 2.05) is 0 Å². The van der Waals surface area contributed by atoms with Crippen molar-refractivity contribution in [3.63, 3.8) is 0 Å². The number of amides is 1. The van der Waals surface area contributed by atoms with Crippen molar-refractivity contribution in [3.05, 3.63) is 66.7 Å². The van der Waals surface area contributed by atoms with Crippen LogP contribution in [0.4, 0.5) is 24.5 Å². The number of alkyl halides is 3. The predicted molar refractivity (Wildman–Crippen MR) is 89.9 cm³/mol. The minimum atomic E-state index is -4.53. The molecule has 2 N–H and O–H groups in total. The van der Waals surface area contributed by atoms with Crippen molar-refractivity contribution in [3.8, 4) is 5.69 Å². The van der Waals surface area contributed by atoms with Crippen LogP contribution in [0.2, 0.25) is 0 Å². The number of carbonyl (C=O) groups is 1. The summed E-state index contributed by atoms with van der Waals surface area (Å²) in [7, 11) is 0. The summed E-state index contributed by atoms with van der Waals surface area (Å²) in [6.07, 6.45) is -1.57. The van der Waals surface area contributed by atoms with Crippen LogP contribution in [0.3, 0.4) is 0 Å². The molecule has 0 aliphatic carbocycles. The van der Waals surface area contributed by atoms with Gasteiger partial charge in [0.15, 0.2) is 0 Å². The first kappa shape index (κ1) is 17.5. The second kappa shape index (κ2) is 7.26. The lowest BCUT2D eigenvalue weighted by molar-refractivity contribution is -0.137. The van der Waals surface area contributed by atoms with Gasteiger partial charge in [-0.1, -0.05) is 12.1 Å². The third-order valence-corrected chi connectivity index (χ3v) is 3.51. The van der Waals surface area contributed by atoms with Crippen LogP contribution in [-0.4, -0.2) is 27.2 Å². The molecule has 0 spiro atoms. The van der Waals surface area contributed by atoms with Crippen LogP contribution in [0, 0.1) is 0 Å². The number of aromatic nitrogens is 3. The lowest BCUT2D eigenvalue weighted by Gasteiger charge is -2.14. The summed E-state index contributed by atoms with van der Waals surface area (Å²) in [6.45, 7) is -0.172. The quantitative estimate of drug-likeness (QED) is 0.731. The number of anilines is 2. The molecule has 9 heteroatoms. The number of nitrogens with zero attached hydrogens (tertiary/aromatic N) is 3. The SMILES string of the molecule is O=C(CNc1ccc(-n2cncn2)cc1)Nc1ccccc1C(F)(F)F. The van der Waals surface area contributed by atoms with E-state index in [-0.39, 0.29) is 12.2 Å². The van der Waals surface area contributed by atoms with E-state index in [2.05, 4.69) is 20.7 Å². The molecule has 1 heterocycles. The molecule has 3 rings (SSSR count). The number of rotatable bonds is 5. The summed E-state index contributed by atoms with van der Waals surface area (Å²) in [5.41, 5.74) is 0.281. The Bertz CT molecular complexity index is 876. The van der Waals surface area contributed by atoms with Gasteiger partial charge in [-0.25, -0.2) is 9.67 Å². The highest BCUT2D eigenvalue weighted by atomic mass is 19.4. The Balaban J connectivity index is 1.60. The summed E-state index contributed by atoms with van der Waals surface area (Å²) < 4.78 is 40.4. The van der Waals surface area contributed by atoms with Gasteiger partial charge in [-0.3, -0.25) is 4.79 Å².